The molecule has 0 aromatic heterocycles. The van der Waals surface area contributed by atoms with Gasteiger partial charge in [0, 0.05) is 6.54 Å². The third kappa shape index (κ3) is 1.61. The lowest BCUT2D eigenvalue weighted by atomic mass is 9.88. The first-order chi connectivity index (χ1) is 5.57. The fraction of sp³-hybridized carbons (Fsp3) is 0.889. The molecule has 70 valence electrons. The molecule has 0 radical (unpaired) electrons. The van der Waals surface area contributed by atoms with Gasteiger partial charge in [0.05, 0.1) is 5.54 Å². The van der Waals surface area contributed by atoms with E-state index < -0.39 is 0 Å². The highest BCUT2D eigenvalue weighted by molar-refractivity contribution is 5.86. The molecule has 12 heavy (non-hydrogen) atoms. The average molecular weight is 170 g/mol. The van der Waals surface area contributed by atoms with Crippen molar-refractivity contribution in [1.82, 2.24) is 10.6 Å². The Balaban J connectivity index is 2.76. The van der Waals surface area contributed by atoms with E-state index in [0.29, 0.717) is 5.92 Å². The van der Waals surface area contributed by atoms with E-state index in [2.05, 4.69) is 24.5 Å². The highest BCUT2D eigenvalue weighted by Gasteiger charge is 2.36. The Kier molecular flexibility index (Phi) is 2.73. The molecule has 1 aliphatic heterocycles. The first-order valence-electron chi connectivity index (χ1n) is 4.60. The molecule has 1 heterocycles. The molecule has 2 N–H and O–H groups in total. The smallest absolute Gasteiger partial charge is 0.240 e. The van der Waals surface area contributed by atoms with E-state index in [1.807, 2.05) is 6.92 Å². The molecular formula is C9H18N2O. The number of carbonyl (C=O) groups excluding carboxylic acids is 1. The molecule has 1 aliphatic rings. The Morgan fingerprint density at radius 2 is 2.08 bits per heavy atom. The molecule has 0 aromatic rings. The molecule has 0 bridgehead atoms. The van der Waals surface area contributed by atoms with Crippen LogP contribution in [0.4, 0.5) is 0 Å². The van der Waals surface area contributed by atoms with Crippen LogP contribution >= 0.6 is 0 Å². The maximum absolute atomic E-state index is 11.6. The minimum absolute atomic E-state index is 0.134. The maximum Gasteiger partial charge on any atom is 0.240 e. The van der Waals surface area contributed by atoms with E-state index in [-0.39, 0.29) is 11.4 Å². The van der Waals surface area contributed by atoms with Gasteiger partial charge in [-0.05, 0) is 25.8 Å². The molecule has 1 unspecified atom stereocenters. The van der Waals surface area contributed by atoms with E-state index in [1.165, 1.54) is 0 Å². The summed E-state index contributed by atoms with van der Waals surface area (Å²) in [6.45, 7) is 7.83. The normalized spacial score (nSPS) is 31.5. The second-order valence-electron chi connectivity index (χ2n) is 3.89. The Labute approximate surface area is 73.9 Å². The van der Waals surface area contributed by atoms with Gasteiger partial charge in [-0.25, -0.2) is 0 Å². The summed E-state index contributed by atoms with van der Waals surface area (Å²) in [5.74, 6) is 0.464. The quantitative estimate of drug-likeness (QED) is 0.602. The molecule has 3 heteroatoms. The average Bonchev–Trinajstić information content (AvgIpc) is 2.16. The number of hydrogen-bond donors (Lipinski definition) is 2. The SMILES string of the molecule is CC(C)C1(C)NCCCNC1=O. The first kappa shape index (κ1) is 9.52. The summed E-state index contributed by atoms with van der Waals surface area (Å²) in [7, 11) is 0. The van der Waals surface area contributed by atoms with Crippen LogP contribution in [0.1, 0.15) is 27.2 Å². The molecule has 0 aromatic carbocycles. The number of nitrogens with one attached hydrogen (secondary N) is 2. The van der Waals surface area contributed by atoms with Crippen LogP contribution in [0.5, 0.6) is 0 Å². The summed E-state index contributed by atoms with van der Waals surface area (Å²) in [5, 5.41) is 6.21. The minimum Gasteiger partial charge on any atom is -0.354 e. The number of carbonyl (C=O) groups is 1. The van der Waals surface area contributed by atoms with Gasteiger partial charge in [0.2, 0.25) is 5.91 Å². The van der Waals surface area contributed by atoms with Crippen molar-refractivity contribution in [2.75, 3.05) is 13.1 Å². The van der Waals surface area contributed by atoms with E-state index in [1.54, 1.807) is 0 Å². The Bertz CT molecular complexity index is 179. The van der Waals surface area contributed by atoms with E-state index in [0.717, 1.165) is 19.5 Å². The van der Waals surface area contributed by atoms with Gasteiger partial charge in [-0.3, -0.25) is 4.79 Å². The predicted octanol–water partition coefficient (Wildman–Crippen LogP) is 0.511. The highest BCUT2D eigenvalue weighted by atomic mass is 16.2. The molecule has 0 spiro atoms. The lowest BCUT2D eigenvalue weighted by molar-refractivity contribution is -0.128. The predicted molar refractivity (Wildman–Crippen MR) is 48.9 cm³/mol. The summed E-state index contributed by atoms with van der Waals surface area (Å²) in [6, 6.07) is 0. The molecule has 1 atom stereocenters. The van der Waals surface area contributed by atoms with Gasteiger partial charge in [-0.1, -0.05) is 13.8 Å². The van der Waals surface area contributed by atoms with Crippen LogP contribution in [0.3, 0.4) is 0 Å². The van der Waals surface area contributed by atoms with Crippen LogP contribution in [0, 0.1) is 5.92 Å². The zero-order valence-electron chi connectivity index (χ0n) is 8.11. The van der Waals surface area contributed by atoms with Crippen molar-refractivity contribution in [3.63, 3.8) is 0 Å². The lowest BCUT2D eigenvalue weighted by Gasteiger charge is -2.31. The zero-order chi connectivity index (χ0) is 9.19. The summed E-state index contributed by atoms with van der Waals surface area (Å²) in [6.07, 6.45) is 1.02. The first-order valence-corrected chi connectivity index (χ1v) is 4.60. The molecule has 0 aliphatic carbocycles. The van der Waals surface area contributed by atoms with Gasteiger partial charge in [0.25, 0.3) is 0 Å². The monoisotopic (exact) mass is 170 g/mol. The van der Waals surface area contributed by atoms with Gasteiger partial charge in [0.1, 0.15) is 0 Å². The number of rotatable bonds is 1. The zero-order valence-corrected chi connectivity index (χ0v) is 8.11. The Morgan fingerprint density at radius 1 is 1.42 bits per heavy atom. The van der Waals surface area contributed by atoms with Crippen LogP contribution in [0.2, 0.25) is 0 Å². The molecule has 1 fully saturated rings. The fourth-order valence-electron chi connectivity index (χ4n) is 1.37. The van der Waals surface area contributed by atoms with Gasteiger partial charge < -0.3 is 10.6 Å². The molecular weight excluding hydrogens is 152 g/mol. The Hall–Kier alpha value is -0.570. The van der Waals surface area contributed by atoms with Crippen molar-refractivity contribution in [3.8, 4) is 0 Å². The molecule has 1 amide bonds. The summed E-state index contributed by atoms with van der Waals surface area (Å²) < 4.78 is 0. The Morgan fingerprint density at radius 3 is 2.67 bits per heavy atom. The summed E-state index contributed by atoms with van der Waals surface area (Å²) >= 11 is 0. The van der Waals surface area contributed by atoms with Gasteiger partial charge in [-0.15, -0.1) is 0 Å². The van der Waals surface area contributed by atoms with E-state index in [9.17, 15) is 4.79 Å². The van der Waals surface area contributed by atoms with Crippen LogP contribution in [-0.2, 0) is 4.79 Å². The molecule has 1 rings (SSSR count). The van der Waals surface area contributed by atoms with E-state index >= 15 is 0 Å². The molecule has 3 nitrogen and oxygen atoms in total. The topological polar surface area (TPSA) is 41.1 Å². The van der Waals surface area contributed by atoms with Crippen LogP contribution < -0.4 is 10.6 Å². The molecule has 0 saturated carbocycles. The van der Waals surface area contributed by atoms with Crippen LogP contribution in [0.15, 0.2) is 0 Å². The largest absolute Gasteiger partial charge is 0.354 e. The van der Waals surface area contributed by atoms with E-state index in [4.69, 9.17) is 0 Å². The number of amides is 1. The van der Waals surface area contributed by atoms with Gasteiger partial charge in [0.15, 0.2) is 0 Å². The minimum atomic E-state index is -0.378. The second-order valence-corrected chi connectivity index (χ2v) is 3.89. The summed E-state index contributed by atoms with van der Waals surface area (Å²) in [4.78, 5) is 11.6. The third-order valence-corrected chi connectivity index (χ3v) is 2.76. The van der Waals surface area contributed by atoms with Crippen molar-refractivity contribution in [3.05, 3.63) is 0 Å². The lowest BCUT2D eigenvalue weighted by Crippen LogP contribution is -2.56. The van der Waals surface area contributed by atoms with Crippen LogP contribution in [0.25, 0.3) is 0 Å². The van der Waals surface area contributed by atoms with Crippen molar-refractivity contribution in [1.29, 1.82) is 0 Å². The second kappa shape index (κ2) is 3.44. The third-order valence-electron chi connectivity index (χ3n) is 2.76. The number of hydrogen-bond acceptors (Lipinski definition) is 2. The van der Waals surface area contributed by atoms with Crippen molar-refractivity contribution >= 4 is 5.91 Å². The fourth-order valence-corrected chi connectivity index (χ4v) is 1.37. The van der Waals surface area contributed by atoms with Gasteiger partial charge in [-0.2, -0.15) is 0 Å². The standard InChI is InChI=1S/C9H18N2O/c1-7(2)9(3)8(12)10-5-4-6-11-9/h7,11H,4-6H2,1-3H3,(H,10,12). The summed E-state index contributed by atoms with van der Waals surface area (Å²) in [5.41, 5.74) is -0.378. The molecule has 1 saturated heterocycles. The van der Waals surface area contributed by atoms with Crippen LogP contribution in [-0.4, -0.2) is 24.5 Å². The van der Waals surface area contributed by atoms with Crippen molar-refractivity contribution in [2.24, 2.45) is 5.92 Å². The van der Waals surface area contributed by atoms with Crippen molar-refractivity contribution < 1.29 is 4.79 Å². The van der Waals surface area contributed by atoms with Gasteiger partial charge >= 0.3 is 0 Å². The van der Waals surface area contributed by atoms with Crippen molar-refractivity contribution in [2.45, 2.75) is 32.7 Å². The maximum atomic E-state index is 11.6. The highest BCUT2D eigenvalue weighted by Crippen LogP contribution is 2.17.